The second-order valence-electron chi connectivity index (χ2n) is 3.22. The SMILES string of the molecule is CNc1cc(C(F)(F)F)c([N+](=O)[O-])cc1C(=O)O. The van der Waals surface area contributed by atoms with E-state index in [-0.39, 0.29) is 5.69 Å². The highest BCUT2D eigenvalue weighted by atomic mass is 19.4. The molecule has 1 aromatic carbocycles. The molecule has 6 nitrogen and oxygen atoms in total. The van der Waals surface area contributed by atoms with E-state index in [0.29, 0.717) is 12.1 Å². The summed E-state index contributed by atoms with van der Waals surface area (Å²) in [5, 5.41) is 21.5. The summed E-state index contributed by atoms with van der Waals surface area (Å²) >= 11 is 0. The Morgan fingerprint density at radius 2 is 2.00 bits per heavy atom. The molecule has 0 saturated carbocycles. The molecule has 98 valence electrons. The van der Waals surface area contributed by atoms with Crippen molar-refractivity contribution in [3.05, 3.63) is 33.4 Å². The fourth-order valence-corrected chi connectivity index (χ4v) is 1.35. The molecule has 0 fully saturated rings. The molecular formula is C9H7F3N2O4. The Hall–Kier alpha value is -2.32. The molecule has 0 atom stereocenters. The lowest BCUT2D eigenvalue weighted by Crippen LogP contribution is -2.12. The van der Waals surface area contributed by atoms with Crippen LogP contribution in [-0.2, 0) is 6.18 Å². The lowest BCUT2D eigenvalue weighted by Gasteiger charge is -2.11. The molecule has 0 heterocycles. The smallest absolute Gasteiger partial charge is 0.423 e. The summed E-state index contributed by atoms with van der Waals surface area (Å²) in [7, 11) is 1.22. The van der Waals surface area contributed by atoms with Gasteiger partial charge in [-0.2, -0.15) is 13.2 Å². The molecule has 9 heteroatoms. The fraction of sp³-hybridized carbons (Fsp3) is 0.222. The molecule has 0 amide bonds. The largest absolute Gasteiger partial charge is 0.478 e. The summed E-state index contributed by atoms with van der Waals surface area (Å²) in [6.45, 7) is 0. The van der Waals surface area contributed by atoms with Crippen molar-refractivity contribution in [2.75, 3.05) is 12.4 Å². The van der Waals surface area contributed by atoms with Crippen LogP contribution in [0, 0.1) is 10.1 Å². The number of alkyl halides is 3. The normalized spacial score (nSPS) is 11.1. The highest BCUT2D eigenvalue weighted by Gasteiger charge is 2.39. The quantitative estimate of drug-likeness (QED) is 0.645. The number of nitrogens with zero attached hydrogens (tertiary/aromatic N) is 1. The molecule has 1 aromatic rings. The van der Waals surface area contributed by atoms with Crippen LogP contribution in [0.25, 0.3) is 0 Å². The maximum Gasteiger partial charge on any atom is 0.423 e. The maximum absolute atomic E-state index is 12.6. The van der Waals surface area contributed by atoms with Crippen LogP contribution >= 0.6 is 0 Å². The van der Waals surface area contributed by atoms with Crippen LogP contribution in [0.5, 0.6) is 0 Å². The number of nitro benzene ring substituents is 1. The van der Waals surface area contributed by atoms with Gasteiger partial charge in [0.05, 0.1) is 10.5 Å². The number of benzene rings is 1. The van der Waals surface area contributed by atoms with Crippen molar-refractivity contribution >= 4 is 17.3 Å². The van der Waals surface area contributed by atoms with Crippen molar-refractivity contribution in [3.63, 3.8) is 0 Å². The van der Waals surface area contributed by atoms with Gasteiger partial charge in [-0.05, 0) is 6.07 Å². The Bertz CT molecular complexity index is 513. The van der Waals surface area contributed by atoms with Crippen LogP contribution < -0.4 is 5.32 Å². The van der Waals surface area contributed by atoms with Crippen molar-refractivity contribution < 1.29 is 28.0 Å². The first-order chi connectivity index (χ1) is 8.18. The molecule has 1 rings (SSSR count). The number of halogens is 3. The minimum Gasteiger partial charge on any atom is -0.478 e. The molecule has 0 radical (unpaired) electrons. The van der Waals surface area contributed by atoms with Gasteiger partial charge in [-0.25, -0.2) is 4.79 Å². The number of carboxylic acid groups (broad SMARTS) is 1. The molecule has 0 saturated heterocycles. The third-order valence-corrected chi connectivity index (χ3v) is 2.14. The number of carboxylic acids is 1. The summed E-state index contributed by atoms with van der Waals surface area (Å²) < 4.78 is 37.7. The molecule has 0 aliphatic heterocycles. The third-order valence-electron chi connectivity index (χ3n) is 2.14. The minimum atomic E-state index is -4.94. The van der Waals surface area contributed by atoms with Gasteiger partial charge in [0, 0.05) is 18.8 Å². The molecule has 0 aliphatic rings. The van der Waals surface area contributed by atoms with E-state index in [4.69, 9.17) is 5.11 Å². The predicted octanol–water partition coefficient (Wildman–Crippen LogP) is 2.35. The fourth-order valence-electron chi connectivity index (χ4n) is 1.35. The second-order valence-corrected chi connectivity index (χ2v) is 3.22. The molecule has 0 aromatic heterocycles. The first kappa shape index (κ1) is 13.7. The molecule has 0 aliphatic carbocycles. The predicted molar refractivity (Wildman–Crippen MR) is 54.6 cm³/mol. The Labute approximate surface area is 98.2 Å². The maximum atomic E-state index is 12.6. The van der Waals surface area contributed by atoms with E-state index < -0.39 is 33.9 Å². The van der Waals surface area contributed by atoms with E-state index in [1.807, 2.05) is 0 Å². The van der Waals surface area contributed by atoms with Crippen molar-refractivity contribution in [2.24, 2.45) is 0 Å². The van der Waals surface area contributed by atoms with Gasteiger partial charge in [0.1, 0.15) is 5.56 Å². The summed E-state index contributed by atoms with van der Waals surface area (Å²) in [6, 6.07) is 0.790. The van der Waals surface area contributed by atoms with Crippen molar-refractivity contribution in [1.29, 1.82) is 0 Å². The number of nitrogens with one attached hydrogen (secondary N) is 1. The molecule has 0 bridgehead atoms. The standard InChI is InChI=1S/C9H7F3N2O4/c1-13-6-3-5(9(10,11)12)7(14(17)18)2-4(6)8(15)16/h2-3,13H,1H3,(H,15,16). The molecule has 18 heavy (non-hydrogen) atoms. The van der Waals surface area contributed by atoms with Gasteiger partial charge in [0.25, 0.3) is 5.69 Å². The number of carbonyl (C=O) groups is 1. The minimum absolute atomic E-state index is 0.347. The Balaban J connectivity index is 3.63. The van der Waals surface area contributed by atoms with Gasteiger partial charge >= 0.3 is 12.1 Å². The summed E-state index contributed by atoms with van der Waals surface area (Å²) in [4.78, 5) is 20.0. The van der Waals surface area contributed by atoms with E-state index in [1.54, 1.807) is 0 Å². The second kappa shape index (κ2) is 4.51. The van der Waals surface area contributed by atoms with Gasteiger partial charge in [-0.3, -0.25) is 10.1 Å². The van der Waals surface area contributed by atoms with Gasteiger partial charge in [0.15, 0.2) is 0 Å². The Morgan fingerprint density at radius 3 is 2.33 bits per heavy atom. The van der Waals surface area contributed by atoms with Gasteiger partial charge in [-0.15, -0.1) is 0 Å². The highest BCUT2D eigenvalue weighted by Crippen LogP contribution is 2.39. The zero-order valence-electron chi connectivity index (χ0n) is 8.91. The van der Waals surface area contributed by atoms with E-state index >= 15 is 0 Å². The highest BCUT2D eigenvalue weighted by molar-refractivity contribution is 5.95. The van der Waals surface area contributed by atoms with E-state index in [0.717, 1.165) is 0 Å². The zero-order chi connectivity index (χ0) is 14.1. The van der Waals surface area contributed by atoms with Crippen molar-refractivity contribution in [2.45, 2.75) is 6.18 Å². The van der Waals surface area contributed by atoms with E-state index in [2.05, 4.69) is 5.32 Å². The lowest BCUT2D eigenvalue weighted by molar-refractivity contribution is -0.388. The number of hydrogen-bond acceptors (Lipinski definition) is 4. The van der Waals surface area contributed by atoms with Crippen LogP contribution in [-0.4, -0.2) is 23.0 Å². The van der Waals surface area contributed by atoms with Crippen LogP contribution in [0.15, 0.2) is 12.1 Å². The number of hydrogen-bond donors (Lipinski definition) is 2. The first-order valence-corrected chi connectivity index (χ1v) is 4.49. The zero-order valence-corrected chi connectivity index (χ0v) is 8.91. The topological polar surface area (TPSA) is 92.5 Å². The van der Waals surface area contributed by atoms with Gasteiger partial charge < -0.3 is 10.4 Å². The van der Waals surface area contributed by atoms with Crippen LogP contribution in [0.2, 0.25) is 0 Å². The van der Waals surface area contributed by atoms with E-state index in [9.17, 15) is 28.1 Å². The van der Waals surface area contributed by atoms with Crippen molar-refractivity contribution in [3.8, 4) is 0 Å². The van der Waals surface area contributed by atoms with Crippen LogP contribution in [0.4, 0.5) is 24.5 Å². The number of anilines is 1. The monoisotopic (exact) mass is 264 g/mol. The summed E-state index contributed by atoms with van der Waals surface area (Å²) in [6.07, 6.45) is -4.94. The van der Waals surface area contributed by atoms with Crippen LogP contribution in [0.3, 0.4) is 0 Å². The van der Waals surface area contributed by atoms with Gasteiger partial charge in [0.2, 0.25) is 0 Å². The van der Waals surface area contributed by atoms with Crippen molar-refractivity contribution in [1.82, 2.24) is 0 Å². The number of rotatable bonds is 3. The average molecular weight is 264 g/mol. The molecule has 2 N–H and O–H groups in total. The summed E-state index contributed by atoms with van der Waals surface area (Å²) in [5.41, 5.74) is -3.74. The molecular weight excluding hydrogens is 257 g/mol. The molecule has 0 spiro atoms. The van der Waals surface area contributed by atoms with Crippen LogP contribution in [0.1, 0.15) is 15.9 Å². The summed E-state index contributed by atoms with van der Waals surface area (Å²) in [5.74, 6) is -1.56. The third kappa shape index (κ3) is 2.50. The average Bonchev–Trinajstić information content (AvgIpc) is 2.25. The lowest BCUT2D eigenvalue weighted by atomic mass is 10.1. The number of nitro groups is 1. The van der Waals surface area contributed by atoms with Gasteiger partial charge in [-0.1, -0.05) is 0 Å². The number of aromatic carboxylic acids is 1. The van der Waals surface area contributed by atoms with E-state index in [1.165, 1.54) is 7.05 Å². The Morgan fingerprint density at radius 1 is 1.44 bits per heavy atom. The first-order valence-electron chi connectivity index (χ1n) is 4.49. The Kier molecular flexibility index (Phi) is 3.44. The molecule has 0 unspecified atom stereocenters.